The monoisotopic (exact) mass is 255 g/mol. The van der Waals surface area contributed by atoms with Crippen LogP contribution in [0.25, 0.3) is 0 Å². The van der Waals surface area contributed by atoms with Crippen LogP contribution in [0.3, 0.4) is 0 Å². The molecule has 0 saturated heterocycles. The molecule has 0 aromatic heterocycles. The minimum atomic E-state index is -0.499. The number of rotatable bonds is 6. The molecule has 0 saturated carbocycles. The van der Waals surface area contributed by atoms with Crippen molar-refractivity contribution >= 4 is 0 Å². The van der Waals surface area contributed by atoms with Crippen LogP contribution >= 0.6 is 0 Å². The molecule has 1 aromatic carbocycles. The maximum Gasteiger partial charge on any atom is 0.123 e. The van der Waals surface area contributed by atoms with Crippen molar-refractivity contribution in [1.82, 2.24) is 0 Å². The fourth-order valence-corrected chi connectivity index (χ4v) is 2.34. The van der Waals surface area contributed by atoms with Crippen molar-refractivity contribution < 1.29 is 13.9 Å². The van der Waals surface area contributed by atoms with Crippen LogP contribution in [0.2, 0.25) is 0 Å². The Morgan fingerprint density at radius 1 is 1.28 bits per heavy atom. The predicted molar refractivity (Wildman–Crippen MR) is 70.2 cm³/mol. The molecule has 1 atom stereocenters. The number of halogens is 1. The molecule has 0 amide bonds. The van der Waals surface area contributed by atoms with Crippen molar-refractivity contribution in [2.75, 3.05) is 14.2 Å². The average Bonchev–Trinajstić information content (AvgIpc) is 2.41. The second kappa shape index (κ2) is 6.16. The second-order valence-corrected chi connectivity index (χ2v) is 4.34. The van der Waals surface area contributed by atoms with Gasteiger partial charge in [-0.15, -0.1) is 0 Å². The summed E-state index contributed by atoms with van der Waals surface area (Å²) in [7, 11) is 3.19. The number of benzene rings is 1. The van der Waals surface area contributed by atoms with E-state index in [1.54, 1.807) is 20.3 Å². The first-order chi connectivity index (χ1) is 8.54. The van der Waals surface area contributed by atoms with E-state index in [2.05, 4.69) is 0 Å². The van der Waals surface area contributed by atoms with E-state index in [4.69, 9.17) is 15.2 Å². The van der Waals surface area contributed by atoms with Gasteiger partial charge in [-0.3, -0.25) is 0 Å². The summed E-state index contributed by atoms with van der Waals surface area (Å²) in [5.41, 5.74) is 6.42. The molecular formula is C14H22FNO2. The minimum absolute atomic E-state index is 0.321. The number of ether oxygens (including phenoxy) is 2. The highest BCUT2D eigenvalue weighted by atomic mass is 19.1. The highest BCUT2D eigenvalue weighted by Crippen LogP contribution is 2.37. The van der Waals surface area contributed by atoms with E-state index in [0.717, 1.165) is 12.8 Å². The van der Waals surface area contributed by atoms with Crippen molar-refractivity contribution in [2.45, 2.75) is 38.3 Å². The average molecular weight is 255 g/mol. The van der Waals surface area contributed by atoms with Gasteiger partial charge in [0.1, 0.15) is 11.6 Å². The van der Waals surface area contributed by atoms with E-state index in [1.807, 2.05) is 13.8 Å². The van der Waals surface area contributed by atoms with Crippen LogP contribution in [-0.2, 0) is 4.74 Å². The van der Waals surface area contributed by atoms with Gasteiger partial charge in [0.25, 0.3) is 0 Å². The third-order valence-corrected chi connectivity index (χ3v) is 3.70. The van der Waals surface area contributed by atoms with Gasteiger partial charge < -0.3 is 15.2 Å². The molecule has 1 aromatic rings. The molecule has 0 aliphatic rings. The molecule has 0 aliphatic carbocycles. The zero-order chi connectivity index (χ0) is 13.8. The zero-order valence-electron chi connectivity index (χ0n) is 11.5. The van der Waals surface area contributed by atoms with Gasteiger partial charge in [-0.05, 0) is 31.0 Å². The maximum atomic E-state index is 13.4. The first-order valence-corrected chi connectivity index (χ1v) is 6.18. The third kappa shape index (κ3) is 2.65. The van der Waals surface area contributed by atoms with Gasteiger partial charge in [-0.1, -0.05) is 13.8 Å². The Morgan fingerprint density at radius 3 is 2.33 bits per heavy atom. The first-order valence-electron chi connectivity index (χ1n) is 6.18. The Bertz CT molecular complexity index is 383. The smallest absolute Gasteiger partial charge is 0.123 e. The minimum Gasteiger partial charge on any atom is -0.496 e. The Labute approximate surface area is 108 Å². The van der Waals surface area contributed by atoms with Crippen LogP contribution in [0, 0.1) is 5.82 Å². The summed E-state index contributed by atoms with van der Waals surface area (Å²) in [5, 5.41) is 0. The van der Waals surface area contributed by atoms with Crippen molar-refractivity contribution in [3.63, 3.8) is 0 Å². The van der Waals surface area contributed by atoms with Crippen LogP contribution in [0.15, 0.2) is 18.2 Å². The van der Waals surface area contributed by atoms with Gasteiger partial charge in [0.2, 0.25) is 0 Å². The van der Waals surface area contributed by atoms with E-state index >= 15 is 0 Å². The summed E-state index contributed by atoms with van der Waals surface area (Å²) in [5.74, 6) is 0.269. The van der Waals surface area contributed by atoms with Crippen LogP contribution in [0.1, 0.15) is 38.3 Å². The molecule has 1 unspecified atom stereocenters. The molecule has 0 heterocycles. The molecule has 0 spiro atoms. The Kier molecular flexibility index (Phi) is 5.11. The quantitative estimate of drug-likeness (QED) is 0.849. The third-order valence-electron chi connectivity index (χ3n) is 3.70. The summed E-state index contributed by atoms with van der Waals surface area (Å²) >= 11 is 0. The molecule has 0 bridgehead atoms. The second-order valence-electron chi connectivity index (χ2n) is 4.34. The largest absolute Gasteiger partial charge is 0.496 e. The lowest BCUT2D eigenvalue weighted by Gasteiger charge is -2.36. The van der Waals surface area contributed by atoms with Gasteiger partial charge in [0.15, 0.2) is 0 Å². The van der Waals surface area contributed by atoms with E-state index in [9.17, 15) is 4.39 Å². The summed E-state index contributed by atoms with van der Waals surface area (Å²) in [6, 6.07) is 3.95. The van der Waals surface area contributed by atoms with Crippen LogP contribution < -0.4 is 10.5 Å². The zero-order valence-corrected chi connectivity index (χ0v) is 11.5. The summed E-state index contributed by atoms with van der Waals surface area (Å²) in [4.78, 5) is 0. The highest BCUT2D eigenvalue weighted by Gasteiger charge is 2.36. The maximum absolute atomic E-state index is 13.4. The predicted octanol–water partition coefficient (Wildman–Crippen LogP) is 3.04. The van der Waals surface area contributed by atoms with Gasteiger partial charge in [0.05, 0.1) is 18.8 Å². The van der Waals surface area contributed by atoms with E-state index in [-0.39, 0.29) is 5.82 Å². The fourth-order valence-electron chi connectivity index (χ4n) is 2.34. The Morgan fingerprint density at radius 2 is 1.89 bits per heavy atom. The lowest BCUT2D eigenvalue weighted by Crippen LogP contribution is -2.42. The molecule has 4 heteroatoms. The van der Waals surface area contributed by atoms with Gasteiger partial charge in [-0.25, -0.2) is 4.39 Å². The lowest BCUT2D eigenvalue weighted by molar-refractivity contribution is -0.0390. The molecule has 2 N–H and O–H groups in total. The van der Waals surface area contributed by atoms with E-state index in [1.165, 1.54) is 12.1 Å². The highest BCUT2D eigenvalue weighted by molar-refractivity contribution is 5.38. The van der Waals surface area contributed by atoms with Crippen molar-refractivity contribution in [3.8, 4) is 5.75 Å². The normalized spacial score (nSPS) is 13.4. The van der Waals surface area contributed by atoms with E-state index in [0.29, 0.717) is 11.3 Å². The molecule has 102 valence electrons. The summed E-state index contributed by atoms with van der Waals surface area (Å²) in [6.45, 7) is 4.03. The molecule has 0 fully saturated rings. The van der Waals surface area contributed by atoms with Crippen LogP contribution in [0.4, 0.5) is 4.39 Å². The Balaban J connectivity index is 3.23. The van der Waals surface area contributed by atoms with Crippen LogP contribution in [-0.4, -0.2) is 19.8 Å². The molecule has 0 aliphatic heterocycles. The summed E-state index contributed by atoms with van der Waals surface area (Å²) in [6.07, 6.45) is 1.50. The number of nitrogens with two attached hydrogens (primary N) is 1. The Hall–Kier alpha value is -1.13. The van der Waals surface area contributed by atoms with Crippen LogP contribution in [0.5, 0.6) is 5.75 Å². The number of hydrogen-bond donors (Lipinski definition) is 1. The topological polar surface area (TPSA) is 44.5 Å². The summed E-state index contributed by atoms with van der Waals surface area (Å²) < 4.78 is 24.2. The van der Waals surface area contributed by atoms with Gasteiger partial charge in [-0.2, -0.15) is 0 Å². The number of hydrogen-bond acceptors (Lipinski definition) is 3. The number of methoxy groups -OCH3 is 2. The molecule has 3 nitrogen and oxygen atoms in total. The lowest BCUT2D eigenvalue weighted by atomic mass is 9.84. The molecule has 18 heavy (non-hydrogen) atoms. The van der Waals surface area contributed by atoms with Gasteiger partial charge in [0, 0.05) is 12.7 Å². The fraction of sp³-hybridized carbons (Fsp3) is 0.571. The van der Waals surface area contributed by atoms with Gasteiger partial charge >= 0.3 is 0 Å². The van der Waals surface area contributed by atoms with Crippen molar-refractivity contribution in [3.05, 3.63) is 29.6 Å². The molecular weight excluding hydrogens is 233 g/mol. The van der Waals surface area contributed by atoms with E-state index < -0.39 is 11.6 Å². The standard InChI is InChI=1S/C14H22FNO2/c1-5-14(6-2,18-4)13(16)11-9-10(15)7-8-12(11)17-3/h7-9,13H,5-6,16H2,1-4H3. The van der Waals surface area contributed by atoms with Crippen molar-refractivity contribution in [2.24, 2.45) is 5.73 Å². The molecule has 1 rings (SSSR count). The van der Waals surface area contributed by atoms with Crippen molar-refractivity contribution in [1.29, 1.82) is 0 Å². The first kappa shape index (κ1) is 14.9. The SMILES string of the molecule is CCC(CC)(OC)C(N)c1cc(F)ccc1OC. The molecule has 0 radical (unpaired) electrons.